The molecule has 0 aliphatic rings. The number of hydrogen-bond donors (Lipinski definition) is 1. The van der Waals surface area contributed by atoms with Crippen LogP contribution < -0.4 is 0 Å². The van der Waals surface area contributed by atoms with Gasteiger partial charge in [-0.25, -0.2) is 4.98 Å². The van der Waals surface area contributed by atoms with Crippen molar-refractivity contribution in [1.29, 1.82) is 0 Å². The van der Waals surface area contributed by atoms with Gasteiger partial charge < -0.3 is 4.98 Å². The highest BCUT2D eigenvalue weighted by atomic mass is 14.8. The Morgan fingerprint density at radius 1 is 1.38 bits per heavy atom. The Kier molecular flexibility index (Phi) is 1.83. The van der Waals surface area contributed by atoms with E-state index in [1.54, 1.807) is 0 Å². The lowest BCUT2D eigenvalue weighted by molar-refractivity contribution is 0.875. The zero-order valence-electron chi connectivity index (χ0n) is 8.26. The molecule has 2 aromatic heterocycles. The molecule has 0 saturated carbocycles. The second kappa shape index (κ2) is 2.87. The Bertz CT molecular complexity index is 427. The van der Waals surface area contributed by atoms with Gasteiger partial charge in [0.05, 0.1) is 0 Å². The molecule has 0 saturated heterocycles. The highest BCUT2D eigenvalue weighted by molar-refractivity contribution is 5.80. The fourth-order valence-electron chi connectivity index (χ4n) is 1.61. The Hall–Kier alpha value is -1.31. The monoisotopic (exact) mass is 174 g/mol. The second-order valence-electron chi connectivity index (χ2n) is 3.81. The number of rotatable bonds is 1. The third kappa shape index (κ3) is 1.32. The average Bonchev–Trinajstić information content (AvgIpc) is 2.46. The minimum absolute atomic E-state index is 0.553. The smallest absolute Gasteiger partial charge is 0.137 e. The minimum Gasteiger partial charge on any atom is -0.346 e. The van der Waals surface area contributed by atoms with Gasteiger partial charge in [-0.15, -0.1) is 0 Å². The van der Waals surface area contributed by atoms with Crippen LogP contribution in [0.2, 0.25) is 0 Å². The predicted octanol–water partition coefficient (Wildman–Crippen LogP) is 2.99. The minimum atomic E-state index is 0.553. The molecule has 0 unspecified atom stereocenters. The highest BCUT2D eigenvalue weighted by Gasteiger charge is 2.07. The van der Waals surface area contributed by atoms with Crippen LogP contribution in [0.1, 0.15) is 30.9 Å². The van der Waals surface area contributed by atoms with E-state index in [-0.39, 0.29) is 0 Å². The number of hydrogen-bond acceptors (Lipinski definition) is 1. The molecule has 0 fully saturated rings. The summed E-state index contributed by atoms with van der Waals surface area (Å²) in [6.07, 6.45) is 3.95. The van der Waals surface area contributed by atoms with Crippen molar-refractivity contribution in [3.63, 3.8) is 0 Å². The summed E-state index contributed by atoms with van der Waals surface area (Å²) in [5.74, 6) is 0.553. The van der Waals surface area contributed by atoms with Gasteiger partial charge in [-0.1, -0.05) is 13.8 Å². The third-order valence-electron chi connectivity index (χ3n) is 2.32. The van der Waals surface area contributed by atoms with Crippen molar-refractivity contribution in [1.82, 2.24) is 9.97 Å². The lowest BCUT2D eigenvalue weighted by atomic mass is 10.0. The van der Waals surface area contributed by atoms with E-state index in [1.807, 2.05) is 6.20 Å². The molecule has 2 nitrogen and oxygen atoms in total. The Morgan fingerprint density at radius 3 is 2.85 bits per heavy atom. The maximum Gasteiger partial charge on any atom is 0.137 e. The van der Waals surface area contributed by atoms with Crippen molar-refractivity contribution in [2.75, 3.05) is 0 Å². The van der Waals surface area contributed by atoms with E-state index in [0.717, 1.165) is 5.65 Å². The molecule has 68 valence electrons. The lowest BCUT2D eigenvalue weighted by Crippen LogP contribution is -1.85. The van der Waals surface area contributed by atoms with Crippen molar-refractivity contribution in [2.24, 2.45) is 0 Å². The van der Waals surface area contributed by atoms with Gasteiger partial charge in [0.2, 0.25) is 0 Å². The Morgan fingerprint density at radius 2 is 2.15 bits per heavy atom. The standard InChI is InChI=1S/C11H14N2/c1-7(2)10-6-13-11-9(10)4-8(3)5-12-11/h4-7H,1-3H3,(H,12,13). The molecule has 0 radical (unpaired) electrons. The number of nitrogens with one attached hydrogen (secondary N) is 1. The molecule has 2 aromatic rings. The molecule has 13 heavy (non-hydrogen) atoms. The van der Waals surface area contributed by atoms with Gasteiger partial charge in [-0.2, -0.15) is 0 Å². The van der Waals surface area contributed by atoms with E-state index >= 15 is 0 Å². The van der Waals surface area contributed by atoms with E-state index in [1.165, 1.54) is 16.5 Å². The zero-order valence-corrected chi connectivity index (χ0v) is 8.26. The number of aromatic amines is 1. The fourth-order valence-corrected chi connectivity index (χ4v) is 1.61. The van der Waals surface area contributed by atoms with Crippen molar-refractivity contribution in [3.8, 4) is 0 Å². The summed E-state index contributed by atoms with van der Waals surface area (Å²) in [4.78, 5) is 7.51. The van der Waals surface area contributed by atoms with E-state index < -0.39 is 0 Å². The van der Waals surface area contributed by atoms with Crippen LogP contribution in [0, 0.1) is 6.92 Å². The van der Waals surface area contributed by atoms with Gasteiger partial charge in [-0.05, 0) is 30.0 Å². The first kappa shape index (κ1) is 8.30. The number of H-pyrrole nitrogens is 1. The predicted molar refractivity (Wildman–Crippen MR) is 54.9 cm³/mol. The largest absolute Gasteiger partial charge is 0.346 e. The fraction of sp³-hybridized carbons (Fsp3) is 0.364. The molecular formula is C11H14N2. The van der Waals surface area contributed by atoms with Gasteiger partial charge in [0.15, 0.2) is 0 Å². The zero-order chi connectivity index (χ0) is 9.42. The highest BCUT2D eigenvalue weighted by Crippen LogP contribution is 2.24. The molecular weight excluding hydrogens is 160 g/mol. The molecule has 0 aliphatic heterocycles. The Labute approximate surface area is 78.0 Å². The molecule has 2 heterocycles. The van der Waals surface area contributed by atoms with Crippen LogP contribution in [0.4, 0.5) is 0 Å². The summed E-state index contributed by atoms with van der Waals surface area (Å²) in [7, 11) is 0. The van der Waals surface area contributed by atoms with Crippen LogP contribution in [0.3, 0.4) is 0 Å². The molecule has 0 spiro atoms. The molecule has 2 heteroatoms. The first-order chi connectivity index (χ1) is 6.18. The van der Waals surface area contributed by atoms with Crippen molar-refractivity contribution in [3.05, 3.63) is 29.6 Å². The number of aromatic nitrogens is 2. The molecule has 0 bridgehead atoms. The summed E-state index contributed by atoms with van der Waals surface area (Å²) in [6.45, 7) is 6.47. The molecule has 0 atom stereocenters. The first-order valence-corrected chi connectivity index (χ1v) is 4.62. The summed E-state index contributed by atoms with van der Waals surface area (Å²) >= 11 is 0. The van der Waals surface area contributed by atoms with Gasteiger partial charge in [-0.3, -0.25) is 0 Å². The summed E-state index contributed by atoms with van der Waals surface area (Å²) in [5.41, 5.74) is 3.56. The van der Waals surface area contributed by atoms with Crippen LogP contribution >= 0.6 is 0 Å². The molecule has 1 N–H and O–H groups in total. The van der Waals surface area contributed by atoms with Gasteiger partial charge in [0.1, 0.15) is 5.65 Å². The normalized spacial score (nSPS) is 11.4. The van der Waals surface area contributed by atoms with Crippen LogP contribution in [0.5, 0.6) is 0 Å². The van der Waals surface area contributed by atoms with E-state index in [4.69, 9.17) is 0 Å². The quantitative estimate of drug-likeness (QED) is 0.707. The van der Waals surface area contributed by atoms with Gasteiger partial charge >= 0.3 is 0 Å². The number of fused-ring (bicyclic) bond motifs is 1. The number of nitrogens with zero attached hydrogens (tertiary/aromatic N) is 1. The molecule has 0 amide bonds. The van der Waals surface area contributed by atoms with Gasteiger partial charge in [0, 0.05) is 17.8 Å². The summed E-state index contributed by atoms with van der Waals surface area (Å²) in [6, 6.07) is 2.19. The summed E-state index contributed by atoms with van der Waals surface area (Å²) in [5, 5.41) is 1.26. The maximum atomic E-state index is 4.33. The second-order valence-corrected chi connectivity index (χ2v) is 3.81. The SMILES string of the molecule is Cc1cnc2[nH]cc(C(C)C)c2c1. The van der Waals surface area contributed by atoms with Crippen LogP contribution in [-0.4, -0.2) is 9.97 Å². The third-order valence-corrected chi connectivity index (χ3v) is 2.32. The van der Waals surface area contributed by atoms with E-state index in [9.17, 15) is 0 Å². The van der Waals surface area contributed by atoms with Gasteiger partial charge in [0.25, 0.3) is 0 Å². The molecule has 0 aliphatic carbocycles. The van der Waals surface area contributed by atoms with Crippen molar-refractivity contribution < 1.29 is 0 Å². The number of pyridine rings is 1. The van der Waals surface area contributed by atoms with E-state index in [2.05, 4.69) is 43.0 Å². The number of aryl methyl sites for hydroxylation is 1. The van der Waals surface area contributed by atoms with Crippen LogP contribution in [-0.2, 0) is 0 Å². The first-order valence-electron chi connectivity index (χ1n) is 4.62. The van der Waals surface area contributed by atoms with Crippen LogP contribution in [0.25, 0.3) is 11.0 Å². The van der Waals surface area contributed by atoms with Crippen molar-refractivity contribution >= 4 is 11.0 Å². The lowest BCUT2D eigenvalue weighted by Gasteiger charge is -2.01. The molecule has 2 rings (SSSR count). The average molecular weight is 174 g/mol. The summed E-state index contributed by atoms with van der Waals surface area (Å²) < 4.78 is 0. The topological polar surface area (TPSA) is 28.7 Å². The maximum absolute atomic E-state index is 4.33. The Balaban J connectivity index is 2.71. The van der Waals surface area contributed by atoms with Crippen LogP contribution in [0.15, 0.2) is 18.5 Å². The van der Waals surface area contributed by atoms with E-state index in [0.29, 0.717) is 5.92 Å². The molecule has 0 aromatic carbocycles. The van der Waals surface area contributed by atoms with Crippen molar-refractivity contribution in [2.45, 2.75) is 26.7 Å².